The van der Waals surface area contributed by atoms with Crippen molar-refractivity contribution in [1.82, 2.24) is 15.5 Å². The van der Waals surface area contributed by atoms with E-state index >= 15 is 0 Å². The van der Waals surface area contributed by atoms with E-state index in [0.717, 1.165) is 48.5 Å². The van der Waals surface area contributed by atoms with Crippen LogP contribution in [0.15, 0.2) is 89.8 Å². The minimum absolute atomic E-state index is 0.00151. The van der Waals surface area contributed by atoms with Gasteiger partial charge >= 0.3 is 6.09 Å². The summed E-state index contributed by atoms with van der Waals surface area (Å²) < 4.78 is 19.0. The number of benzene rings is 3. The Labute approximate surface area is 253 Å². The molecule has 1 fully saturated rings. The second-order valence-corrected chi connectivity index (χ2v) is 12.3. The Morgan fingerprint density at radius 3 is 2.60 bits per heavy atom. The molecule has 8 nitrogen and oxygen atoms in total. The zero-order valence-corrected chi connectivity index (χ0v) is 24.9. The third-order valence-electron chi connectivity index (χ3n) is 6.70. The molecule has 1 aliphatic heterocycles. The number of hydrogen-bond donors (Lipinski definition) is 2. The van der Waals surface area contributed by atoms with Crippen molar-refractivity contribution in [1.29, 1.82) is 0 Å². The van der Waals surface area contributed by atoms with Crippen molar-refractivity contribution < 1.29 is 24.1 Å². The van der Waals surface area contributed by atoms with Crippen LogP contribution in [-0.4, -0.2) is 39.9 Å². The molecule has 4 aromatic rings. The lowest BCUT2D eigenvalue weighted by Crippen LogP contribution is -2.31. The maximum atomic E-state index is 11.8. The molecule has 2 N–H and O–H groups in total. The van der Waals surface area contributed by atoms with Crippen molar-refractivity contribution in [2.45, 2.75) is 49.3 Å². The first-order valence-electron chi connectivity index (χ1n) is 13.6. The van der Waals surface area contributed by atoms with Gasteiger partial charge in [0.25, 0.3) is 0 Å². The third-order valence-corrected chi connectivity index (χ3v) is 8.81. The summed E-state index contributed by atoms with van der Waals surface area (Å²) in [5.74, 6) is 0.726. The van der Waals surface area contributed by atoms with E-state index in [4.69, 9.17) is 14.2 Å². The number of aromatic nitrogens is 2. The lowest BCUT2D eigenvalue weighted by Gasteiger charge is -2.36. The van der Waals surface area contributed by atoms with Crippen LogP contribution in [0.5, 0.6) is 0 Å². The normalized spacial score (nSPS) is 18.4. The molecule has 42 heavy (non-hydrogen) atoms. The van der Waals surface area contributed by atoms with Crippen LogP contribution in [0.4, 0.5) is 4.79 Å². The highest BCUT2D eigenvalue weighted by Crippen LogP contribution is 2.40. The van der Waals surface area contributed by atoms with Crippen molar-refractivity contribution in [3.63, 3.8) is 0 Å². The van der Waals surface area contributed by atoms with Crippen molar-refractivity contribution in [3.8, 4) is 11.1 Å². The van der Waals surface area contributed by atoms with Gasteiger partial charge in [0, 0.05) is 24.3 Å². The van der Waals surface area contributed by atoms with Gasteiger partial charge < -0.3 is 24.6 Å². The van der Waals surface area contributed by atoms with E-state index in [1.165, 1.54) is 6.08 Å². The van der Waals surface area contributed by atoms with Crippen LogP contribution < -0.4 is 5.32 Å². The Morgan fingerprint density at radius 1 is 1.07 bits per heavy atom. The molecular weight excluding hydrogens is 571 g/mol. The van der Waals surface area contributed by atoms with Gasteiger partial charge in [-0.1, -0.05) is 96.4 Å². The second-order valence-electron chi connectivity index (χ2n) is 9.81. The average Bonchev–Trinajstić information content (AvgIpc) is 3.46. The van der Waals surface area contributed by atoms with Gasteiger partial charge in [-0.3, -0.25) is 0 Å². The van der Waals surface area contributed by atoms with E-state index < -0.39 is 12.4 Å². The van der Waals surface area contributed by atoms with Gasteiger partial charge in [0.15, 0.2) is 10.6 Å². The number of nitrogens with one attached hydrogen (secondary N) is 1. The van der Waals surface area contributed by atoms with Gasteiger partial charge in [0.05, 0.1) is 18.8 Å². The predicted octanol–water partition coefficient (Wildman–Crippen LogP) is 6.76. The van der Waals surface area contributed by atoms with Gasteiger partial charge in [0.2, 0.25) is 0 Å². The van der Waals surface area contributed by atoms with E-state index in [-0.39, 0.29) is 25.4 Å². The molecule has 0 unspecified atom stereocenters. The van der Waals surface area contributed by atoms with Crippen molar-refractivity contribution in [3.05, 3.63) is 113 Å². The van der Waals surface area contributed by atoms with Gasteiger partial charge in [-0.05, 0) is 46.9 Å². The van der Waals surface area contributed by atoms with Gasteiger partial charge in [-0.25, -0.2) is 4.79 Å². The molecule has 5 rings (SSSR count). The molecule has 0 saturated carbocycles. The summed E-state index contributed by atoms with van der Waals surface area (Å²) in [6.07, 6.45) is 0.943. The molecule has 218 valence electrons. The number of ether oxygens (including phenoxy) is 3. The molecule has 3 aromatic carbocycles. The quantitative estimate of drug-likeness (QED) is 0.143. The fourth-order valence-corrected chi connectivity index (χ4v) is 6.47. The summed E-state index contributed by atoms with van der Waals surface area (Å²) in [4.78, 5) is 11.8. The Balaban J connectivity index is 1.34. The number of aliphatic hydroxyl groups excluding tert-OH is 1. The lowest BCUT2D eigenvalue weighted by atomic mass is 9.99. The number of amides is 1. The van der Waals surface area contributed by atoms with Crippen molar-refractivity contribution >= 4 is 29.2 Å². The summed E-state index contributed by atoms with van der Waals surface area (Å²) in [6.45, 7) is 6.02. The zero-order chi connectivity index (χ0) is 29.3. The first-order chi connectivity index (χ1) is 20.5. The highest BCUT2D eigenvalue weighted by molar-refractivity contribution is 8.01. The molecule has 1 aliphatic rings. The number of aliphatic hydroxyl groups is 1. The predicted molar refractivity (Wildman–Crippen MR) is 164 cm³/mol. The SMILES string of the molecule is C=CCOC(=O)NCc1cccc(-c2cccc([C@@H]3O[C@H](CSc4nnc(C)s4)C[C@H](c4ccc(CO)cc4)O3)c2)c1. The number of alkyl carbamates (subject to hydrolysis) is 1. The van der Waals surface area contributed by atoms with Crippen LogP contribution in [0.3, 0.4) is 0 Å². The minimum atomic E-state index is -0.563. The number of nitrogens with zero attached hydrogens (tertiary/aromatic N) is 2. The largest absolute Gasteiger partial charge is 0.445 e. The molecule has 1 aromatic heterocycles. The smallest absolute Gasteiger partial charge is 0.407 e. The molecule has 1 saturated heterocycles. The van der Waals surface area contributed by atoms with Gasteiger partial charge in [-0.15, -0.1) is 10.2 Å². The first kappa shape index (κ1) is 29.9. The first-order valence-corrected chi connectivity index (χ1v) is 15.4. The number of thioether (sulfide) groups is 1. The summed E-state index contributed by atoms with van der Waals surface area (Å²) in [5, 5.41) is 21.6. The van der Waals surface area contributed by atoms with E-state index in [9.17, 15) is 9.90 Å². The third kappa shape index (κ3) is 8.05. The van der Waals surface area contributed by atoms with Gasteiger partial charge in [0.1, 0.15) is 11.6 Å². The Morgan fingerprint density at radius 2 is 1.86 bits per heavy atom. The minimum Gasteiger partial charge on any atom is -0.445 e. The molecule has 10 heteroatoms. The monoisotopic (exact) mass is 603 g/mol. The molecule has 0 spiro atoms. The standard InChI is InChI=1S/C32H33N3O5S2/c1-3-14-38-31(37)33-18-23-6-4-7-25(15-23)26-8-5-9-27(16-26)30-39-28(20-41-32-35-34-21(2)42-32)17-29(40-30)24-12-10-22(19-36)11-13-24/h3-13,15-16,28-30,36H,1,14,17-20H2,2H3,(H,33,37)/t28-,29+,30+/m0/s1. The average molecular weight is 604 g/mol. The van der Waals surface area contributed by atoms with Gasteiger partial charge in [-0.2, -0.15) is 0 Å². The van der Waals surface area contributed by atoms with Crippen molar-refractivity contribution in [2.75, 3.05) is 12.4 Å². The summed E-state index contributed by atoms with van der Waals surface area (Å²) in [7, 11) is 0. The zero-order valence-electron chi connectivity index (χ0n) is 23.3. The maximum absolute atomic E-state index is 11.8. The molecule has 0 radical (unpaired) electrons. The summed E-state index contributed by atoms with van der Waals surface area (Å²) in [6, 6.07) is 24.1. The highest BCUT2D eigenvalue weighted by Gasteiger charge is 2.32. The molecule has 0 bridgehead atoms. The second kappa shape index (κ2) is 14.6. The fourth-order valence-electron chi connectivity index (χ4n) is 4.61. The Kier molecular flexibility index (Phi) is 10.4. The number of aryl methyl sites for hydroxylation is 1. The summed E-state index contributed by atoms with van der Waals surface area (Å²) in [5.41, 5.74) is 5.81. The Bertz CT molecular complexity index is 1490. The molecule has 0 aliphatic carbocycles. The topological polar surface area (TPSA) is 103 Å². The molecular formula is C32H33N3O5S2. The maximum Gasteiger partial charge on any atom is 0.407 e. The molecule has 3 atom stereocenters. The van der Waals surface area contributed by atoms with E-state index in [1.807, 2.05) is 73.7 Å². The van der Waals surface area contributed by atoms with E-state index in [2.05, 4.69) is 28.2 Å². The van der Waals surface area contributed by atoms with Crippen LogP contribution in [0.2, 0.25) is 0 Å². The van der Waals surface area contributed by atoms with E-state index in [1.54, 1.807) is 23.1 Å². The molecule has 1 amide bonds. The van der Waals surface area contributed by atoms with Crippen molar-refractivity contribution in [2.24, 2.45) is 0 Å². The number of rotatable bonds is 11. The number of carbonyl (C=O) groups excluding carboxylic acids is 1. The Hall–Kier alpha value is -3.54. The number of hydrogen-bond acceptors (Lipinski definition) is 9. The fraction of sp³-hybridized carbons (Fsp3) is 0.281. The van der Waals surface area contributed by atoms with Crippen LogP contribution in [0, 0.1) is 6.92 Å². The highest BCUT2D eigenvalue weighted by atomic mass is 32.2. The summed E-state index contributed by atoms with van der Waals surface area (Å²) >= 11 is 3.23. The van der Waals surface area contributed by atoms with Crippen LogP contribution in [-0.2, 0) is 27.4 Å². The van der Waals surface area contributed by atoms with E-state index in [0.29, 0.717) is 13.0 Å². The van der Waals surface area contributed by atoms with Crippen LogP contribution >= 0.6 is 23.1 Å². The van der Waals surface area contributed by atoms with Crippen LogP contribution in [0.1, 0.15) is 46.1 Å². The molecule has 2 heterocycles. The number of carbonyl (C=O) groups is 1. The van der Waals surface area contributed by atoms with Crippen LogP contribution in [0.25, 0.3) is 11.1 Å². The lowest BCUT2D eigenvalue weighted by molar-refractivity contribution is -0.245.